The Kier molecular flexibility index (Phi) is 9.24. The van der Waals surface area contributed by atoms with Gasteiger partial charge in [-0.05, 0) is 24.6 Å². The highest BCUT2D eigenvalue weighted by Crippen LogP contribution is 2.21. The van der Waals surface area contributed by atoms with Crippen molar-refractivity contribution in [1.29, 1.82) is 0 Å². The monoisotopic (exact) mass is 297 g/mol. The predicted octanol–water partition coefficient (Wildman–Crippen LogP) is 5.89. The van der Waals surface area contributed by atoms with Crippen molar-refractivity contribution in [2.75, 3.05) is 0 Å². The van der Waals surface area contributed by atoms with Crippen molar-refractivity contribution < 1.29 is 8.78 Å². The van der Waals surface area contributed by atoms with Gasteiger partial charge in [-0.25, -0.2) is 8.78 Å². The van der Waals surface area contributed by atoms with Crippen LogP contribution in [0.5, 0.6) is 0 Å². The summed E-state index contributed by atoms with van der Waals surface area (Å²) < 4.78 is 26.7. The van der Waals surface area contributed by atoms with E-state index >= 15 is 0 Å². The molecule has 0 amide bonds. The lowest BCUT2D eigenvalue weighted by Crippen LogP contribution is -2.12. The molecule has 1 atom stereocenters. The summed E-state index contributed by atoms with van der Waals surface area (Å²) >= 11 is 0. The summed E-state index contributed by atoms with van der Waals surface area (Å²) in [6.45, 7) is 2.23. The van der Waals surface area contributed by atoms with Gasteiger partial charge in [0.1, 0.15) is 11.6 Å². The second-order valence-electron chi connectivity index (χ2n) is 5.89. The maximum atomic E-state index is 13.6. The van der Waals surface area contributed by atoms with E-state index in [1.54, 1.807) is 0 Å². The third-order valence-corrected chi connectivity index (χ3v) is 3.98. The second-order valence-corrected chi connectivity index (χ2v) is 5.89. The van der Waals surface area contributed by atoms with Crippen LogP contribution in [0.4, 0.5) is 8.78 Å². The number of hydrogen-bond acceptors (Lipinski definition) is 1. The lowest BCUT2D eigenvalue weighted by Gasteiger charge is -2.13. The normalized spacial score (nSPS) is 12.6. The van der Waals surface area contributed by atoms with Gasteiger partial charge in [-0.1, -0.05) is 64.7 Å². The summed E-state index contributed by atoms with van der Waals surface area (Å²) in [5, 5.41) is 0. The van der Waals surface area contributed by atoms with Gasteiger partial charge in [0.2, 0.25) is 0 Å². The number of halogens is 2. The molecular formula is C18H29F2N. The zero-order valence-corrected chi connectivity index (χ0v) is 13.2. The molecular weight excluding hydrogens is 268 g/mol. The first-order valence-electron chi connectivity index (χ1n) is 8.35. The lowest BCUT2D eigenvalue weighted by atomic mass is 9.99. The van der Waals surface area contributed by atoms with Crippen LogP contribution in [0.15, 0.2) is 18.2 Å². The third-order valence-electron chi connectivity index (χ3n) is 3.98. The van der Waals surface area contributed by atoms with Crippen LogP contribution < -0.4 is 5.73 Å². The summed E-state index contributed by atoms with van der Waals surface area (Å²) in [6.07, 6.45) is 11.9. The van der Waals surface area contributed by atoms with Gasteiger partial charge in [0, 0.05) is 11.6 Å². The molecule has 3 heteroatoms. The average molecular weight is 297 g/mol. The summed E-state index contributed by atoms with van der Waals surface area (Å²) in [4.78, 5) is 0. The first-order chi connectivity index (χ1) is 10.1. The van der Waals surface area contributed by atoms with Gasteiger partial charge in [0.15, 0.2) is 0 Å². The molecule has 0 spiro atoms. The molecule has 1 aromatic rings. The first-order valence-corrected chi connectivity index (χ1v) is 8.35. The highest BCUT2D eigenvalue weighted by Gasteiger charge is 2.12. The average Bonchev–Trinajstić information content (AvgIpc) is 2.48. The lowest BCUT2D eigenvalue weighted by molar-refractivity contribution is 0.511. The minimum atomic E-state index is -0.422. The smallest absolute Gasteiger partial charge is 0.128 e. The molecule has 0 aliphatic rings. The molecule has 0 aromatic heterocycles. The van der Waals surface area contributed by atoms with Gasteiger partial charge in [-0.3, -0.25) is 0 Å². The number of benzene rings is 1. The molecule has 1 rings (SSSR count). The van der Waals surface area contributed by atoms with Crippen molar-refractivity contribution in [2.24, 2.45) is 5.73 Å². The largest absolute Gasteiger partial charge is 0.324 e. The van der Waals surface area contributed by atoms with Crippen molar-refractivity contribution >= 4 is 0 Å². The van der Waals surface area contributed by atoms with Gasteiger partial charge in [-0.2, -0.15) is 0 Å². The Labute approximate surface area is 127 Å². The predicted molar refractivity (Wildman–Crippen MR) is 85.1 cm³/mol. The highest BCUT2D eigenvalue weighted by atomic mass is 19.1. The Morgan fingerprint density at radius 3 is 2.10 bits per heavy atom. The number of nitrogens with two attached hydrogens (primary N) is 1. The van der Waals surface area contributed by atoms with E-state index in [0.717, 1.165) is 31.4 Å². The van der Waals surface area contributed by atoms with E-state index < -0.39 is 17.7 Å². The molecule has 0 aliphatic heterocycles. The fourth-order valence-electron chi connectivity index (χ4n) is 2.63. The van der Waals surface area contributed by atoms with Crippen LogP contribution in [-0.4, -0.2) is 0 Å². The quantitative estimate of drug-likeness (QED) is 0.507. The molecule has 120 valence electrons. The van der Waals surface area contributed by atoms with E-state index in [-0.39, 0.29) is 0 Å². The molecule has 21 heavy (non-hydrogen) atoms. The van der Waals surface area contributed by atoms with Crippen molar-refractivity contribution in [2.45, 2.75) is 77.2 Å². The minimum absolute atomic E-state index is 0.301. The number of rotatable bonds is 11. The maximum absolute atomic E-state index is 13.6. The van der Waals surface area contributed by atoms with E-state index in [4.69, 9.17) is 5.73 Å². The highest BCUT2D eigenvalue weighted by molar-refractivity contribution is 5.21. The Balaban J connectivity index is 2.11. The minimum Gasteiger partial charge on any atom is -0.324 e. The fraction of sp³-hybridized carbons (Fsp3) is 0.667. The SMILES string of the molecule is CCCCCCCCCCCC(N)c1cc(F)ccc1F. The Morgan fingerprint density at radius 1 is 0.905 bits per heavy atom. The summed E-state index contributed by atoms with van der Waals surface area (Å²) in [6, 6.07) is 3.10. The molecule has 0 bridgehead atoms. The fourth-order valence-corrected chi connectivity index (χ4v) is 2.63. The van der Waals surface area contributed by atoms with Gasteiger partial charge in [0.25, 0.3) is 0 Å². The summed E-state index contributed by atoms with van der Waals surface area (Å²) in [5.41, 5.74) is 6.25. The summed E-state index contributed by atoms with van der Waals surface area (Å²) in [5.74, 6) is -0.825. The van der Waals surface area contributed by atoms with Gasteiger partial charge in [-0.15, -0.1) is 0 Å². The molecule has 1 unspecified atom stereocenters. The molecule has 0 aliphatic carbocycles. The molecule has 2 N–H and O–H groups in total. The van der Waals surface area contributed by atoms with Crippen molar-refractivity contribution in [3.05, 3.63) is 35.4 Å². The van der Waals surface area contributed by atoms with Gasteiger partial charge >= 0.3 is 0 Å². The zero-order valence-electron chi connectivity index (χ0n) is 13.2. The van der Waals surface area contributed by atoms with E-state index in [2.05, 4.69) is 6.92 Å². The standard InChI is InChI=1S/C18H29F2N/c1-2-3-4-5-6-7-8-9-10-11-18(21)16-14-15(19)12-13-17(16)20/h12-14,18H,2-11,21H2,1H3. The molecule has 0 radical (unpaired) electrons. The van der Waals surface area contributed by atoms with E-state index in [1.165, 1.54) is 51.0 Å². The van der Waals surface area contributed by atoms with Crippen LogP contribution in [0.2, 0.25) is 0 Å². The van der Waals surface area contributed by atoms with Crippen molar-refractivity contribution in [3.8, 4) is 0 Å². The van der Waals surface area contributed by atoms with Gasteiger partial charge < -0.3 is 5.73 Å². The molecule has 0 heterocycles. The number of hydrogen-bond donors (Lipinski definition) is 1. The van der Waals surface area contributed by atoms with Crippen molar-refractivity contribution in [3.63, 3.8) is 0 Å². The Morgan fingerprint density at radius 2 is 1.48 bits per heavy atom. The molecule has 0 saturated carbocycles. The number of unbranched alkanes of at least 4 members (excludes halogenated alkanes) is 8. The Hall–Kier alpha value is -0.960. The van der Waals surface area contributed by atoms with Crippen molar-refractivity contribution in [1.82, 2.24) is 0 Å². The first kappa shape index (κ1) is 18.1. The van der Waals surface area contributed by atoms with E-state index in [0.29, 0.717) is 5.56 Å². The van der Waals surface area contributed by atoms with Crippen LogP contribution in [0.1, 0.15) is 82.7 Å². The van der Waals surface area contributed by atoms with Gasteiger partial charge in [0.05, 0.1) is 0 Å². The van der Waals surface area contributed by atoms with Crippen LogP contribution in [0.3, 0.4) is 0 Å². The zero-order chi connectivity index (χ0) is 15.5. The molecule has 0 fully saturated rings. The topological polar surface area (TPSA) is 26.0 Å². The molecule has 1 nitrogen and oxygen atoms in total. The maximum Gasteiger partial charge on any atom is 0.128 e. The van der Waals surface area contributed by atoms with E-state index in [1.807, 2.05) is 0 Å². The Bertz CT molecular complexity index is 393. The van der Waals surface area contributed by atoms with Crippen LogP contribution >= 0.6 is 0 Å². The third kappa shape index (κ3) is 7.56. The van der Waals surface area contributed by atoms with Crippen LogP contribution in [-0.2, 0) is 0 Å². The second kappa shape index (κ2) is 10.7. The molecule has 1 aromatic carbocycles. The van der Waals surface area contributed by atoms with Crippen LogP contribution in [0.25, 0.3) is 0 Å². The summed E-state index contributed by atoms with van der Waals surface area (Å²) in [7, 11) is 0. The van der Waals surface area contributed by atoms with E-state index in [9.17, 15) is 8.78 Å². The van der Waals surface area contributed by atoms with Crippen LogP contribution in [0, 0.1) is 11.6 Å². The molecule has 0 saturated heterocycles.